The molecule has 0 amide bonds. The summed E-state index contributed by atoms with van der Waals surface area (Å²) in [6.07, 6.45) is 3.39. The number of carbonyl (C=O) groups is 1. The Morgan fingerprint density at radius 1 is 1.43 bits per heavy atom. The topological polar surface area (TPSA) is 71.2 Å². The Kier molecular flexibility index (Phi) is 5.50. The SMILES string of the molecule is CCCn1c(SCC(=O)O)nnc1N1CCCC(C)C1C. The Morgan fingerprint density at radius 3 is 2.86 bits per heavy atom. The molecule has 1 aliphatic rings. The molecule has 0 spiro atoms. The summed E-state index contributed by atoms with van der Waals surface area (Å²) in [6.45, 7) is 8.44. The molecule has 118 valence electrons. The van der Waals surface area contributed by atoms with Gasteiger partial charge in [0.25, 0.3) is 0 Å². The quantitative estimate of drug-likeness (QED) is 0.814. The summed E-state index contributed by atoms with van der Waals surface area (Å²) in [7, 11) is 0. The zero-order valence-corrected chi connectivity index (χ0v) is 13.8. The molecule has 21 heavy (non-hydrogen) atoms. The molecule has 7 heteroatoms. The summed E-state index contributed by atoms with van der Waals surface area (Å²) >= 11 is 1.25. The molecule has 1 aromatic rings. The van der Waals surface area contributed by atoms with Crippen LogP contribution in [0.1, 0.15) is 40.0 Å². The predicted octanol–water partition coefficient (Wildman–Crippen LogP) is 2.49. The number of nitrogens with zero attached hydrogens (tertiary/aromatic N) is 4. The van der Waals surface area contributed by atoms with Crippen LogP contribution in [0.2, 0.25) is 0 Å². The zero-order valence-electron chi connectivity index (χ0n) is 12.9. The van der Waals surface area contributed by atoms with Gasteiger partial charge in [0.2, 0.25) is 5.95 Å². The van der Waals surface area contributed by atoms with Crippen LogP contribution in [-0.4, -0.2) is 44.2 Å². The van der Waals surface area contributed by atoms with Crippen molar-refractivity contribution in [2.24, 2.45) is 5.92 Å². The van der Waals surface area contributed by atoms with Crippen molar-refractivity contribution in [3.05, 3.63) is 0 Å². The minimum atomic E-state index is -0.826. The number of hydrogen-bond donors (Lipinski definition) is 1. The van der Waals surface area contributed by atoms with E-state index in [4.69, 9.17) is 5.11 Å². The highest BCUT2D eigenvalue weighted by Gasteiger charge is 2.29. The average molecular weight is 312 g/mol. The van der Waals surface area contributed by atoms with Gasteiger partial charge in [-0.3, -0.25) is 9.36 Å². The highest BCUT2D eigenvalue weighted by atomic mass is 32.2. The summed E-state index contributed by atoms with van der Waals surface area (Å²) in [5, 5.41) is 18.1. The third kappa shape index (κ3) is 3.70. The van der Waals surface area contributed by atoms with E-state index in [1.807, 2.05) is 0 Å². The highest BCUT2D eigenvalue weighted by Crippen LogP contribution is 2.29. The lowest BCUT2D eigenvalue weighted by molar-refractivity contribution is -0.133. The minimum absolute atomic E-state index is 0.0216. The Labute approximate surface area is 129 Å². The van der Waals surface area contributed by atoms with Crippen LogP contribution in [0.3, 0.4) is 0 Å². The van der Waals surface area contributed by atoms with E-state index in [9.17, 15) is 4.79 Å². The molecule has 1 fully saturated rings. The number of thioether (sulfide) groups is 1. The van der Waals surface area contributed by atoms with Crippen molar-refractivity contribution in [1.82, 2.24) is 14.8 Å². The molecule has 2 unspecified atom stereocenters. The van der Waals surface area contributed by atoms with Crippen molar-refractivity contribution in [3.8, 4) is 0 Å². The van der Waals surface area contributed by atoms with E-state index in [2.05, 4.69) is 40.4 Å². The maximum absolute atomic E-state index is 10.8. The zero-order chi connectivity index (χ0) is 15.4. The first kappa shape index (κ1) is 16.1. The average Bonchev–Trinajstić information content (AvgIpc) is 2.83. The van der Waals surface area contributed by atoms with Gasteiger partial charge in [-0.2, -0.15) is 0 Å². The first-order valence-electron chi connectivity index (χ1n) is 7.59. The fraction of sp³-hybridized carbons (Fsp3) is 0.786. The minimum Gasteiger partial charge on any atom is -0.481 e. The van der Waals surface area contributed by atoms with E-state index in [0.29, 0.717) is 17.1 Å². The van der Waals surface area contributed by atoms with Gasteiger partial charge in [-0.15, -0.1) is 10.2 Å². The summed E-state index contributed by atoms with van der Waals surface area (Å²) < 4.78 is 2.07. The van der Waals surface area contributed by atoms with Gasteiger partial charge in [-0.25, -0.2) is 0 Å². The molecule has 0 saturated carbocycles. The molecule has 2 atom stereocenters. The second-order valence-corrected chi connectivity index (χ2v) is 6.61. The van der Waals surface area contributed by atoms with Crippen molar-refractivity contribution in [2.75, 3.05) is 17.2 Å². The van der Waals surface area contributed by atoms with Gasteiger partial charge in [-0.05, 0) is 32.1 Å². The molecule has 1 saturated heterocycles. The van der Waals surface area contributed by atoms with Gasteiger partial charge in [0, 0.05) is 19.1 Å². The van der Waals surface area contributed by atoms with Gasteiger partial charge in [0.15, 0.2) is 5.16 Å². The summed E-state index contributed by atoms with van der Waals surface area (Å²) in [4.78, 5) is 13.1. The third-order valence-corrected chi connectivity index (χ3v) is 5.05. The fourth-order valence-corrected chi connectivity index (χ4v) is 3.44. The molecule has 1 aliphatic heterocycles. The summed E-state index contributed by atoms with van der Waals surface area (Å²) in [5.74, 6) is 0.727. The molecular formula is C14H24N4O2S. The van der Waals surface area contributed by atoms with Crippen molar-refractivity contribution < 1.29 is 9.90 Å². The molecule has 2 heterocycles. The van der Waals surface area contributed by atoms with Crippen LogP contribution in [0.15, 0.2) is 5.16 Å². The van der Waals surface area contributed by atoms with Crippen LogP contribution in [0.25, 0.3) is 0 Å². The van der Waals surface area contributed by atoms with Crippen LogP contribution in [-0.2, 0) is 11.3 Å². The maximum Gasteiger partial charge on any atom is 0.313 e. The molecule has 0 radical (unpaired) electrons. The normalized spacial score (nSPS) is 22.5. The van der Waals surface area contributed by atoms with E-state index in [1.54, 1.807) is 0 Å². The molecule has 6 nitrogen and oxygen atoms in total. The lowest BCUT2D eigenvalue weighted by Gasteiger charge is -2.38. The second kappa shape index (κ2) is 7.15. The van der Waals surface area contributed by atoms with Crippen molar-refractivity contribution >= 4 is 23.7 Å². The Hall–Kier alpha value is -1.24. The molecular weight excluding hydrogens is 288 g/mol. The molecule has 1 aromatic heterocycles. The van der Waals surface area contributed by atoms with E-state index in [0.717, 1.165) is 25.5 Å². The molecule has 0 bridgehead atoms. The van der Waals surface area contributed by atoms with E-state index in [1.165, 1.54) is 24.6 Å². The van der Waals surface area contributed by atoms with Gasteiger partial charge in [0.05, 0.1) is 5.75 Å². The lowest BCUT2D eigenvalue weighted by atomic mass is 9.92. The van der Waals surface area contributed by atoms with E-state index < -0.39 is 5.97 Å². The van der Waals surface area contributed by atoms with Gasteiger partial charge < -0.3 is 10.0 Å². The van der Waals surface area contributed by atoms with Crippen molar-refractivity contribution in [1.29, 1.82) is 0 Å². The monoisotopic (exact) mass is 312 g/mol. The number of aliphatic carboxylic acids is 1. The van der Waals surface area contributed by atoms with E-state index in [-0.39, 0.29) is 5.75 Å². The Morgan fingerprint density at radius 2 is 2.19 bits per heavy atom. The highest BCUT2D eigenvalue weighted by molar-refractivity contribution is 7.99. The van der Waals surface area contributed by atoms with Crippen LogP contribution >= 0.6 is 11.8 Å². The van der Waals surface area contributed by atoms with Gasteiger partial charge in [0.1, 0.15) is 0 Å². The number of anilines is 1. The maximum atomic E-state index is 10.8. The largest absolute Gasteiger partial charge is 0.481 e. The van der Waals surface area contributed by atoms with E-state index >= 15 is 0 Å². The van der Waals surface area contributed by atoms with Crippen molar-refractivity contribution in [2.45, 2.75) is 57.8 Å². The number of rotatable bonds is 6. The van der Waals surface area contributed by atoms with Gasteiger partial charge in [-0.1, -0.05) is 25.6 Å². The molecule has 0 aromatic carbocycles. The molecule has 2 rings (SSSR count). The standard InChI is InChI=1S/C14H24N4O2S/c1-4-7-18-13(15-16-14(18)21-9-12(19)20)17-8-5-6-10(2)11(17)3/h10-11H,4-9H2,1-3H3,(H,19,20). The van der Waals surface area contributed by atoms with Crippen molar-refractivity contribution in [3.63, 3.8) is 0 Å². The van der Waals surface area contributed by atoms with Crippen LogP contribution in [0.4, 0.5) is 5.95 Å². The Bertz CT molecular complexity index is 491. The number of hydrogen-bond acceptors (Lipinski definition) is 5. The number of piperidine rings is 1. The van der Waals surface area contributed by atoms with Crippen LogP contribution in [0, 0.1) is 5.92 Å². The number of aromatic nitrogens is 3. The predicted molar refractivity (Wildman–Crippen MR) is 83.9 cm³/mol. The first-order chi connectivity index (χ1) is 10.0. The van der Waals surface area contributed by atoms with Crippen LogP contribution < -0.4 is 4.90 Å². The summed E-state index contributed by atoms with van der Waals surface area (Å²) in [5.41, 5.74) is 0. The third-order valence-electron chi connectivity index (χ3n) is 4.10. The second-order valence-electron chi connectivity index (χ2n) is 5.67. The lowest BCUT2D eigenvalue weighted by Crippen LogP contribution is -2.43. The summed E-state index contributed by atoms with van der Waals surface area (Å²) in [6, 6.07) is 0.441. The number of carboxylic acid groups (broad SMARTS) is 1. The fourth-order valence-electron chi connectivity index (χ4n) is 2.76. The smallest absolute Gasteiger partial charge is 0.313 e. The Balaban J connectivity index is 2.23. The van der Waals surface area contributed by atoms with Crippen LogP contribution in [0.5, 0.6) is 0 Å². The first-order valence-corrected chi connectivity index (χ1v) is 8.57. The number of carboxylic acids is 1. The van der Waals surface area contributed by atoms with Gasteiger partial charge >= 0.3 is 5.97 Å². The molecule has 0 aliphatic carbocycles. The molecule has 1 N–H and O–H groups in total.